The van der Waals surface area contributed by atoms with E-state index in [4.69, 9.17) is 0 Å². The van der Waals surface area contributed by atoms with Crippen molar-refractivity contribution in [3.05, 3.63) is 108 Å². The van der Waals surface area contributed by atoms with Crippen LogP contribution >= 0.6 is 0 Å². The lowest BCUT2D eigenvalue weighted by Crippen LogP contribution is -2.12. The Morgan fingerprint density at radius 3 is 2.66 bits per heavy atom. The van der Waals surface area contributed by atoms with E-state index in [2.05, 4.69) is 32.2 Å². The van der Waals surface area contributed by atoms with Crippen molar-refractivity contribution in [1.82, 2.24) is 19.7 Å². The van der Waals surface area contributed by atoms with Gasteiger partial charge in [0.1, 0.15) is 18.3 Å². The van der Waals surface area contributed by atoms with Crippen LogP contribution in [0.15, 0.2) is 85.6 Å². The van der Waals surface area contributed by atoms with Crippen LogP contribution in [0.25, 0.3) is 0 Å². The second kappa shape index (κ2) is 8.63. The molecule has 2 aromatic carbocycles. The topological polar surface area (TPSA) is 72.7 Å². The van der Waals surface area contributed by atoms with Crippen LogP contribution < -0.4 is 5.32 Å². The smallest absolute Gasteiger partial charge is 0.255 e. The van der Waals surface area contributed by atoms with E-state index in [1.807, 2.05) is 54.6 Å². The average molecular weight is 379 g/mol. The van der Waals surface area contributed by atoms with Gasteiger partial charge in [-0.25, -0.2) is 14.6 Å². The van der Waals surface area contributed by atoms with E-state index >= 15 is 0 Å². The van der Waals surface area contributed by atoms with Gasteiger partial charge in [0.25, 0.3) is 5.91 Å². The van der Waals surface area contributed by atoms with Gasteiger partial charge in [-0.1, -0.05) is 30.2 Å². The minimum Gasteiger partial charge on any atom is -0.322 e. The first kappa shape index (κ1) is 18.1. The molecule has 1 N–H and O–H groups in total. The van der Waals surface area contributed by atoms with Gasteiger partial charge in [0, 0.05) is 23.0 Å². The molecule has 0 spiro atoms. The predicted octanol–water partition coefficient (Wildman–Crippen LogP) is 3.37. The molecule has 0 radical (unpaired) electrons. The molecule has 2 aromatic heterocycles. The number of hydrogen-bond acceptors (Lipinski definition) is 4. The summed E-state index contributed by atoms with van der Waals surface area (Å²) in [5.41, 5.74) is 3.82. The molecule has 4 aromatic rings. The molecule has 6 heteroatoms. The molecule has 0 saturated heterocycles. The maximum Gasteiger partial charge on any atom is 0.255 e. The Labute approximate surface area is 168 Å². The second-order valence-corrected chi connectivity index (χ2v) is 6.29. The van der Waals surface area contributed by atoms with E-state index < -0.39 is 0 Å². The summed E-state index contributed by atoms with van der Waals surface area (Å²) in [6.45, 7) is 0.610. The van der Waals surface area contributed by atoms with Crippen LogP contribution in [0, 0.1) is 11.8 Å². The van der Waals surface area contributed by atoms with Crippen molar-refractivity contribution in [3.8, 4) is 11.8 Å². The van der Waals surface area contributed by atoms with Gasteiger partial charge < -0.3 is 5.32 Å². The van der Waals surface area contributed by atoms with E-state index in [1.165, 1.54) is 6.33 Å². The van der Waals surface area contributed by atoms with Crippen LogP contribution in [-0.4, -0.2) is 25.7 Å². The molecule has 6 nitrogen and oxygen atoms in total. The summed E-state index contributed by atoms with van der Waals surface area (Å²) in [7, 11) is 0. The molecular formula is C23H17N5O. The number of carbonyl (C=O) groups is 1. The van der Waals surface area contributed by atoms with Gasteiger partial charge in [0.15, 0.2) is 0 Å². The van der Waals surface area contributed by atoms with Gasteiger partial charge in [-0.05, 0) is 53.9 Å². The molecule has 4 rings (SSSR count). The molecular weight excluding hydrogens is 362 g/mol. The maximum absolute atomic E-state index is 12.5. The third-order valence-corrected chi connectivity index (χ3v) is 4.15. The Hall–Kier alpha value is -4.24. The number of nitrogens with zero attached hydrogens (tertiary/aromatic N) is 4. The van der Waals surface area contributed by atoms with Gasteiger partial charge in [-0.15, -0.1) is 0 Å². The van der Waals surface area contributed by atoms with Gasteiger partial charge in [-0.2, -0.15) is 5.10 Å². The summed E-state index contributed by atoms with van der Waals surface area (Å²) in [6.07, 6.45) is 4.86. The molecule has 0 atom stereocenters. The first-order valence-corrected chi connectivity index (χ1v) is 9.02. The molecule has 29 heavy (non-hydrogen) atoms. The predicted molar refractivity (Wildman–Crippen MR) is 110 cm³/mol. The van der Waals surface area contributed by atoms with Crippen molar-refractivity contribution in [1.29, 1.82) is 0 Å². The molecule has 0 aliphatic rings. The number of pyridine rings is 1. The zero-order chi connectivity index (χ0) is 19.9. The third kappa shape index (κ3) is 4.93. The molecule has 0 aliphatic carbocycles. The Kier molecular flexibility index (Phi) is 5.40. The molecule has 0 aliphatic heterocycles. The first-order chi connectivity index (χ1) is 14.3. The fourth-order valence-electron chi connectivity index (χ4n) is 2.71. The zero-order valence-electron chi connectivity index (χ0n) is 15.5. The average Bonchev–Trinajstić information content (AvgIpc) is 3.27. The van der Waals surface area contributed by atoms with Crippen LogP contribution in [-0.2, 0) is 6.54 Å². The highest BCUT2D eigenvalue weighted by Gasteiger charge is 2.07. The van der Waals surface area contributed by atoms with Gasteiger partial charge in [0.2, 0.25) is 0 Å². The van der Waals surface area contributed by atoms with E-state index in [0.29, 0.717) is 23.5 Å². The highest BCUT2D eigenvalue weighted by Crippen LogP contribution is 2.13. The van der Waals surface area contributed by atoms with Crippen LogP contribution in [0.3, 0.4) is 0 Å². The molecule has 1 amide bonds. The van der Waals surface area contributed by atoms with Crippen LogP contribution in [0.5, 0.6) is 0 Å². The number of carbonyl (C=O) groups excluding carboxylic acids is 1. The highest BCUT2D eigenvalue weighted by molar-refractivity contribution is 6.04. The van der Waals surface area contributed by atoms with Crippen LogP contribution in [0.1, 0.15) is 27.2 Å². The summed E-state index contributed by atoms with van der Waals surface area (Å²) in [5, 5.41) is 6.99. The number of aromatic nitrogens is 4. The van der Waals surface area contributed by atoms with Crippen molar-refractivity contribution >= 4 is 11.6 Å². The van der Waals surface area contributed by atoms with Gasteiger partial charge in [-0.3, -0.25) is 4.79 Å². The fourth-order valence-corrected chi connectivity index (χ4v) is 2.71. The standard InChI is InChI=1S/C23H17N5O/c29-23(20-10-7-19(8-11-20)15-28-17-24-16-26-28)27-22-6-3-4-18(14-22)9-12-21-5-1-2-13-25-21/h1-8,10-11,13-14,16-17H,15H2,(H,27,29). The SMILES string of the molecule is O=C(Nc1cccc(C#Cc2ccccn2)c1)c1ccc(Cn2cncn2)cc1. The Bertz CT molecular complexity index is 1160. The molecule has 0 saturated carbocycles. The van der Waals surface area contributed by atoms with E-state index in [9.17, 15) is 4.79 Å². The van der Waals surface area contributed by atoms with E-state index in [-0.39, 0.29) is 5.91 Å². The number of anilines is 1. The number of rotatable bonds is 4. The van der Waals surface area contributed by atoms with Crippen LogP contribution in [0.2, 0.25) is 0 Å². The molecule has 0 bridgehead atoms. The number of amides is 1. The minimum absolute atomic E-state index is 0.174. The lowest BCUT2D eigenvalue weighted by atomic mass is 10.1. The number of hydrogen-bond donors (Lipinski definition) is 1. The highest BCUT2D eigenvalue weighted by atomic mass is 16.1. The summed E-state index contributed by atoms with van der Waals surface area (Å²) in [4.78, 5) is 20.7. The Balaban J connectivity index is 1.42. The summed E-state index contributed by atoms with van der Waals surface area (Å²) >= 11 is 0. The first-order valence-electron chi connectivity index (χ1n) is 9.02. The van der Waals surface area contributed by atoms with Crippen molar-refractivity contribution in [2.45, 2.75) is 6.54 Å². The normalized spacial score (nSPS) is 10.1. The summed E-state index contributed by atoms with van der Waals surface area (Å²) in [6, 6.07) is 20.4. The third-order valence-electron chi connectivity index (χ3n) is 4.15. The quantitative estimate of drug-likeness (QED) is 0.552. The molecule has 140 valence electrons. The second-order valence-electron chi connectivity index (χ2n) is 6.29. The van der Waals surface area contributed by atoms with E-state index in [1.54, 1.807) is 29.3 Å². The zero-order valence-corrected chi connectivity index (χ0v) is 15.5. The lowest BCUT2D eigenvalue weighted by Gasteiger charge is -2.07. The minimum atomic E-state index is -0.174. The summed E-state index contributed by atoms with van der Waals surface area (Å²) in [5.74, 6) is 5.90. The maximum atomic E-state index is 12.5. The Morgan fingerprint density at radius 2 is 1.90 bits per heavy atom. The molecule has 0 unspecified atom stereocenters. The number of benzene rings is 2. The monoisotopic (exact) mass is 379 g/mol. The van der Waals surface area contributed by atoms with Gasteiger partial charge >= 0.3 is 0 Å². The Morgan fingerprint density at radius 1 is 1.00 bits per heavy atom. The van der Waals surface area contributed by atoms with Crippen molar-refractivity contribution in [2.24, 2.45) is 0 Å². The molecule has 2 heterocycles. The summed E-state index contributed by atoms with van der Waals surface area (Å²) < 4.78 is 1.73. The molecule has 0 fully saturated rings. The van der Waals surface area contributed by atoms with E-state index in [0.717, 1.165) is 11.1 Å². The van der Waals surface area contributed by atoms with Gasteiger partial charge in [0.05, 0.1) is 6.54 Å². The fraction of sp³-hybridized carbons (Fsp3) is 0.0435. The van der Waals surface area contributed by atoms with Crippen molar-refractivity contribution in [2.75, 3.05) is 5.32 Å². The number of nitrogens with one attached hydrogen (secondary N) is 1. The lowest BCUT2D eigenvalue weighted by molar-refractivity contribution is 0.102. The van der Waals surface area contributed by atoms with Crippen molar-refractivity contribution < 1.29 is 4.79 Å². The van der Waals surface area contributed by atoms with Crippen LogP contribution in [0.4, 0.5) is 5.69 Å². The largest absolute Gasteiger partial charge is 0.322 e. The van der Waals surface area contributed by atoms with Crippen molar-refractivity contribution in [3.63, 3.8) is 0 Å².